The summed E-state index contributed by atoms with van der Waals surface area (Å²) >= 11 is 0. The zero-order valence-electron chi connectivity index (χ0n) is 20.9. The summed E-state index contributed by atoms with van der Waals surface area (Å²) in [6.07, 6.45) is 4.50. The molecule has 0 spiro atoms. The van der Waals surface area contributed by atoms with Gasteiger partial charge >= 0.3 is 0 Å². The van der Waals surface area contributed by atoms with Crippen LogP contribution in [0.3, 0.4) is 0 Å². The van der Waals surface area contributed by atoms with Gasteiger partial charge in [-0.3, -0.25) is 4.79 Å². The van der Waals surface area contributed by atoms with Gasteiger partial charge in [0.15, 0.2) is 5.65 Å². The number of hydrogen-bond acceptors (Lipinski definition) is 7. The Hall–Kier alpha value is -4.31. The number of nitrogen functional groups attached to an aromatic ring is 1. The van der Waals surface area contributed by atoms with Gasteiger partial charge in [0.1, 0.15) is 29.4 Å². The van der Waals surface area contributed by atoms with Crippen molar-refractivity contribution in [3.8, 4) is 22.7 Å². The Balaban J connectivity index is 1.76. The second kappa shape index (κ2) is 10.1. The van der Waals surface area contributed by atoms with E-state index in [9.17, 15) is 4.79 Å². The minimum atomic E-state index is -0.575. The van der Waals surface area contributed by atoms with Crippen molar-refractivity contribution in [1.82, 2.24) is 24.6 Å². The molecule has 9 nitrogen and oxygen atoms in total. The number of hydrogen-bond donors (Lipinski definition) is 1. The number of anilines is 2. The summed E-state index contributed by atoms with van der Waals surface area (Å²) < 4.78 is 22.2. The Morgan fingerprint density at radius 3 is 2.64 bits per heavy atom. The Morgan fingerprint density at radius 2 is 1.94 bits per heavy atom. The molecule has 2 N–H and O–H groups in total. The zero-order valence-corrected chi connectivity index (χ0v) is 20.9. The summed E-state index contributed by atoms with van der Waals surface area (Å²) in [6, 6.07) is 10.2. The largest absolute Gasteiger partial charge is 0.496 e. The van der Waals surface area contributed by atoms with Gasteiger partial charge in [0, 0.05) is 31.3 Å². The molecule has 10 heteroatoms. The molecule has 2 aromatic carbocycles. The maximum Gasteiger partial charge on any atom is 0.250 e. The van der Waals surface area contributed by atoms with Crippen molar-refractivity contribution in [1.29, 1.82) is 0 Å². The smallest absolute Gasteiger partial charge is 0.250 e. The first kappa shape index (κ1) is 24.8. The molecule has 0 bridgehead atoms. The maximum absolute atomic E-state index is 15.2. The van der Waals surface area contributed by atoms with Gasteiger partial charge in [-0.05, 0) is 44.8 Å². The number of carbonyl (C=O) groups is 1. The van der Waals surface area contributed by atoms with Crippen molar-refractivity contribution < 1.29 is 13.9 Å². The third kappa shape index (κ3) is 4.76. The van der Waals surface area contributed by atoms with E-state index in [1.807, 2.05) is 44.1 Å². The molecule has 36 heavy (non-hydrogen) atoms. The minimum Gasteiger partial charge on any atom is -0.496 e. The van der Waals surface area contributed by atoms with Crippen LogP contribution in [-0.4, -0.2) is 65.4 Å². The molecule has 0 aliphatic carbocycles. The van der Waals surface area contributed by atoms with Gasteiger partial charge in [-0.15, -0.1) is 0 Å². The summed E-state index contributed by atoms with van der Waals surface area (Å²) in [4.78, 5) is 24.1. The number of aryl methyl sites for hydroxylation is 1. The van der Waals surface area contributed by atoms with Gasteiger partial charge < -0.3 is 20.3 Å². The van der Waals surface area contributed by atoms with Crippen LogP contribution in [0.25, 0.3) is 28.0 Å². The van der Waals surface area contributed by atoms with Crippen LogP contribution in [0, 0.1) is 12.7 Å². The van der Waals surface area contributed by atoms with Gasteiger partial charge in [0.05, 0.1) is 23.9 Å². The highest BCUT2D eigenvalue weighted by atomic mass is 19.1. The lowest BCUT2D eigenvalue weighted by molar-refractivity contribution is -0.113. The van der Waals surface area contributed by atoms with Crippen LogP contribution >= 0.6 is 0 Å². The van der Waals surface area contributed by atoms with E-state index in [4.69, 9.17) is 15.6 Å². The standard InChI is InChI=1S/C26H28FN7O2/c1-16-8-9-17(13-21(16)36-5)24-23-25(28)29-15-30-26(23)34(31-24)18-10-11-20(19(27)14-18)33(4)22(35)7-6-12-32(2)3/h6-11,13-15H,12H2,1-5H3,(H2,28,29,30). The van der Waals surface area contributed by atoms with E-state index in [0.29, 0.717) is 34.7 Å². The van der Waals surface area contributed by atoms with Crippen LogP contribution in [0.15, 0.2) is 54.9 Å². The van der Waals surface area contributed by atoms with Gasteiger partial charge in [-0.25, -0.2) is 19.0 Å². The molecule has 2 heterocycles. The van der Waals surface area contributed by atoms with E-state index in [0.717, 1.165) is 11.1 Å². The van der Waals surface area contributed by atoms with E-state index in [2.05, 4.69) is 9.97 Å². The number of benzene rings is 2. The van der Waals surface area contributed by atoms with E-state index < -0.39 is 5.82 Å². The summed E-state index contributed by atoms with van der Waals surface area (Å²) in [5.41, 5.74) is 9.49. The van der Waals surface area contributed by atoms with Crippen molar-refractivity contribution in [2.24, 2.45) is 0 Å². The molecule has 0 radical (unpaired) electrons. The number of nitrogens with zero attached hydrogens (tertiary/aromatic N) is 6. The second-order valence-electron chi connectivity index (χ2n) is 8.60. The van der Waals surface area contributed by atoms with Crippen LogP contribution in [0.5, 0.6) is 5.75 Å². The predicted molar refractivity (Wildman–Crippen MR) is 139 cm³/mol. The quantitative estimate of drug-likeness (QED) is 0.396. The highest BCUT2D eigenvalue weighted by Gasteiger charge is 2.20. The molecule has 4 aromatic rings. The molecule has 0 saturated heterocycles. The van der Waals surface area contributed by atoms with Crippen molar-refractivity contribution >= 4 is 28.4 Å². The summed E-state index contributed by atoms with van der Waals surface area (Å²) in [5.74, 6) is 0.0545. The van der Waals surface area contributed by atoms with Gasteiger partial charge in [-0.1, -0.05) is 18.2 Å². The van der Waals surface area contributed by atoms with Crippen molar-refractivity contribution in [3.05, 3.63) is 66.3 Å². The van der Waals surface area contributed by atoms with Crippen molar-refractivity contribution in [3.63, 3.8) is 0 Å². The van der Waals surface area contributed by atoms with Crippen molar-refractivity contribution in [2.45, 2.75) is 6.92 Å². The second-order valence-corrected chi connectivity index (χ2v) is 8.60. The molecular weight excluding hydrogens is 461 g/mol. The third-order valence-corrected chi connectivity index (χ3v) is 5.77. The molecule has 0 saturated carbocycles. The zero-order chi connectivity index (χ0) is 26.0. The number of methoxy groups -OCH3 is 1. The lowest BCUT2D eigenvalue weighted by Gasteiger charge is -2.17. The lowest BCUT2D eigenvalue weighted by Crippen LogP contribution is -2.25. The number of rotatable bonds is 7. The molecule has 4 rings (SSSR count). The molecule has 0 aliphatic rings. The Bertz CT molecular complexity index is 1460. The highest BCUT2D eigenvalue weighted by Crippen LogP contribution is 2.34. The number of ether oxygens (including phenoxy) is 1. The molecule has 0 aliphatic heterocycles. The van der Waals surface area contributed by atoms with Crippen LogP contribution in [0.2, 0.25) is 0 Å². The molecule has 0 fully saturated rings. The number of fused-ring (bicyclic) bond motifs is 1. The first-order valence-corrected chi connectivity index (χ1v) is 11.2. The molecule has 1 amide bonds. The number of nitrogens with two attached hydrogens (primary N) is 1. The van der Waals surface area contributed by atoms with Crippen molar-refractivity contribution in [2.75, 3.05) is 45.4 Å². The Labute approximate surface area is 208 Å². The number of halogens is 1. The minimum absolute atomic E-state index is 0.146. The van der Waals surface area contributed by atoms with E-state index >= 15 is 4.39 Å². The average molecular weight is 490 g/mol. The first-order valence-electron chi connectivity index (χ1n) is 11.2. The normalized spacial score (nSPS) is 11.5. The van der Waals surface area contributed by atoms with Gasteiger partial charge in [-0.2, -0.15) is 5.10 Å². The van der Waals surface area contributed by atoms with Crippen LogP contribution in [0.4, 0.5) is 15.9 Å². The molecular formula is C26H28FN7O2. The summed E-state index contributed by atoms with van der Waals surface area (Å²) in [5, 5.41) is 5.27. The number of amides is 1. The predicted octanol–water partition coefficient (Wildman–Crippen LogP) is 3.60. The van der Waals surface area contributed by atoms with Gasteiger partial charge in [0.2, 0.25) is 0 Å². The van der Waals surface area contributed by atoms with E-state index in [1.165, 1.54) is 41.2 Å². The van der Waals surface area contributed by atoms with E-state index in [1.54, 1.807) is 19.3 Å². The molecule has 2 aromatic heterocycles. The summed E-state index contributed by atoms with van der Waals surface area (Å²) in [7, 11) is 6.93. The fourth-order valence-corrected chi connectivity index (χ4v) is 3.82. The third-order valence-electron chi connectivity index (χ3n) is 5.77. The molecule has 0 unspecified atom stereocenters. The first-order chi connectivity index (χ1) is 17.2. The fourth-order valence-electron chi connectivity index (χ4n) is 3.82. The van der Waals surface area contributed by atoms with Gasteiger partial charge in [0.25, 0.3) is 5.91 Å². The number of aromatic nitrogens is 4. The maximum atomic E-state index is 15.2. The monoisotopic (exact) mass is 489 g/mol. The lowest BCUT2D eigenvalue weighted by atomic mass is 10.1. The summed E-state index contributed by atoms with van der Waals surface area (Å²) in [6.45, 7) is 2.55. The van der Waals surface area contributed by atoms with Crippen LogP contribution in [-0.2, 0) is 4.79 Å². The number of carbonyl (C=O) groups excluding carboxylic acids is 1. The highest BCUT2D eigenvalue weighted by molar-refractivity contribution is 6.01. The number of likely N-dealkylation sites (N-methyl/N-ethyl adjacent to an activating group) is 2. The van der Waals surface area contributed by atoms with Crippen LogP contribution < -0.4 is 15.4 Å². The Morgan fingerprint density at radius 1 is 1.17 bits per heavy atom. The average Bonchev–Trinajstić information content (AvgIpc) is 3.24. The molecule has 186 valence electrons. The van der Waals surface area contributed by atoms with E-state index in [-0.39, 0.29) is 17.4 Å². The molecule has 0 atom stereocenters. The fraction of sp³-hybridized carbons (Fsp3) is 0.231. The SMILES string of the molecule is COc1cc(-c2nn(-c3ccc(N(C)C(=O)C=CCN(C)C)c(F)c3)c3ncnc(N)c23)ccc1C. The van der Waals surface area contributed by atoms with Crippen LogP contribution in [0.1, 0.15) is 5.56 Å². The Kier molecular flexibility index (Phi) is 6.98. The topological polar surface area (TPSA) is 102 Å².